The maximum atomic E-state index is 11.0. The van der Waals surface area contributed by atoms with E-state index in [0.717, 1.165) is 25.7 Å². The lowest BCUT2D eigenvalue weighted by Crippen LogP contribution is -2.04. The Morgan fingerprint density at radius 1 is 1.20 bits per heavy atom. The highest BCUT2D eigenvalue weighted by molar-refractivity contribution is 5.68. The molecule has 0 aromatic carbocycles. The van der Waals surface area contributed by atoms with Gasteiger partial charge in [0.2, 0.25) is 0 Å². The number of rotatable bonds is 10. The van der Waals surface area contributed by atoms with Gasteiger partial charge in [0, 0.05) is 12.8 Å². The van der Waals surface area contributed by atoms with E-state index < -0.39 is 0 Å². The van der Waals surface area contributed by atoms with Crippen molar-refractivity contribution in [2.45, 2.75) is 59.8 Å². The van der Waals surface area contributed by atoms with E-state index in [1.165, 1.54) is 16.7 Å². The van der Waals surface area contributed by atoms with Gasteiger partial charge in [-0.3, -0.25) is 4.79 Å². The highest BCUT2D eigenvalue weighted by Gasteiger charge is 2.08. The highest BCUT2D eigenvalue weighted by Crippen LogP contribution is 2.22. The Labute approximate surface area is 124 Å². The summed E-state index contributed by atoms with van der Waals surface area (Å²) < 4.78 is 5.09. The molecule has 2 nitrogen and oxygen atoms in total. The fourth-order valence-electron chi connectivity index (χ4n) is 1.86. The van der Waals surface area contributed by atoms with E-state index in [0.29, 0.717) is 18.9 Å². The van der Waals surface area contributed by atoms with Crippen LogP contribution in [0.1, 0.15) is 59.8 Å². The average molecular weight is 278 g/mol. The summed E-state index contributed by atoms with van der Waals surface area (Å²) in [5.41, 5.74) is 3.73. The topological polar surface area (TPSA) is 26.3 Å². The smallest absolute Gasteiger partial charge is 0.305 e. The summed E-state index contributed by atoms with van der Waals surface area (Å²) in [4.78, 5) is 11.0. The minimum atomic E-state index is -0.126. The molecule has 0 aliphatic rings. The van der Waals surface area contributed by atoms with Gasteiger partial charge in [0.1, 0.15) is 0 Å². The van der Waals surface area contributed by atoms with Crippen LogP contribution in [0, 0.1) is 5.92 Å². The van der Waals surface area contributed by atoms with Crippen LogP contribution in [-0.4, -0.2) is 12.6 Å². The predicted molar refractivity (Wildman–Crippen MR) is 86.6 cm³/mol. The molecule has 0 fully saturated rings. The molecular weight excluding hydrogens is 248 g/mol. The fourth-order valence-corrected chi connectivity index (χ4v) is 1.86. The zero-order valence-electron chi connectivity index (χ0n) is 13.6. The Kier molecular flexibility index (Phi) is 9.79. The molecule has 0 radical (unpaired) electrons. The third-order valence-electron chi connectivity index (χ3n) is 3.42. The second-order valence-corrected chi connectivity index (χ2v) is 5.65. The van der Waals surface area contributed by atoms with Crippen molar-refractivity contribution < 1.29 is 9.53 Å². The third kappa shape index (κ3) is 9.60. The van der Waals surface area contributed by atoms with Gasteiger partial charge in [0.15, 0.2) is 0 Å². The number of carbonyl (C=O) groups excluding carboxylic acids is 1. The van der Waals surface area contributed by atoms with Crippen molar-refractivity contribution >= 4 is 5.97 Å². The molecule has 0 N–H and O–H groups in total. The number of hydrogen-bond acceptors (Lipinski definition) is 2. The normalized spacial score (nSPS) is 12.9. The van der Waals surface area contributed by atoms with Gasteiger partial charge in [0.05, 0.1) is 6.61 Å². The van der Waals surface area contributed by atoms with Crippen molar-refractivity contribution in [3.8, 4) is 0 Å². The molecule has 0 aromatic heterocycles. The molecule has 2 heteroatoms. The first-order chi connectivity index (χ1) is 9.36. The summed E-state index contributed by atoms with van der Waals surface area (Å²) in [5, 5.41) is 0. The largest absolute Gasteiger partial charge is 0.465 e. The quantitative estimate of drug-likeness (QED) is 0.405. The monoisotopic (exact) mass is 278 g/mol. The average Bonchev–Trinajstić information content (AvgIpc) is 2.37. The molecule has 0 amide bonds. The molecule has 0 aliphatic heterocycles. The molecule has 0 rings (SSSR count). The first kappa shape index (κ1) is 18.7. The van der Waals surface area contributed by atoms with E-state index >= 15 is 0 Å². The maximum absolute atomic E-state index is 11.0. The van der Waals surface area contributed by atoms with Crippen molar-refractivity contribution in [1.82, 2.24) is 0 Å². The van der Waals surface area contributed by atoms with Gasteiger partial charge in [-0.2, -0.15) is 0 Å². The van der Waals surface area contributed by atoms with Crippen LogP contribution in [0.4, 0.5) is 0 Å². The van der Waals surface area contributed by atoms with E-state index in [-0.39, 0.29) is 5.97 Å². The van der Waals surface area contributed by atoms with Gasteiger partial charge < -0.3 is 4.74 Å². The number of carbonyl (C=O) groups is 1. The van der Waals surface area contributed by atoms with E-state index in [1.807, 2.05) is 6.92 Å². The van der Waals surface area contributed by atoms with Gasteiger partial charge in [-0.1, -0.05) is 36.3 Å². The SMILES string of the molecule is C=C(C)CC[C@H](CC=C(C)CCOC(=O)CC)C(=C)C. The van der Waals surface area contributed by atoms with Gasteiger partial charge in [-0.15, -0.1) is 6.58 Å². The standard InChI is InChI=1S/C18H30O2/c1-7-18(19)20-13-12-16(6)9-11-17(15(4)5)10-8-14(2)3/h9,17H,2,4,7-8,10-13H2,1,3,5-6H3/t17-/m1/s1. The molecule has 0 saturated carbocycles. The van der Waals surface area contributed by atoms with Crippen LogP contribution in [0.15, 0.2) is 36.0 Å². The summed E-state index contributed by atoms with van der Waals surface area (Å²) in [6.07, 6.45) is 6.68. The summed E-state index contributed by atoms with van der Waals surface area (Å²) in [5.74, 6) is 0.388. The lowest BCUT2D eigenvalue weighted by Gasteiger charge is -2.15. The molecule has 0 bridgehead atoms. The zero-order chi connectivity index (χ0) is 15.5. The minimum Gasteiger partial charge on any atom is -0.465 e. The van der Waals surface area contributed by atoms with Crippen LogP contribution in [0.2, 0.25) is 0 Å². The van der Waals surface area contributed by atoms with Crippen LogP contribution in [0.25, 0.3) is 0 Å². The Hall–Kier alpha value is -1.31. The molecule has 0 unspecified atom stereocenters. The van der Waals surface area contributed by atoms with Crippen LogP contribution in [0.5, 0.6) is 0 Å². The number of esters is 1. The molecule has 0 spiro atoms. The lowest BCUT2D eigenvalue weighted by atomic mass is 9.90. The van der Waals surface area contributed by atoms with Gasteiger partial charge in [0.25, 0.3) is 0 Å². The van der Waals surface area contributed by atoms with Crippen LogP contribution >= 0.6 is 0 Å². The third-order valence-corrected chi connectivity index (χ3v) is 3.42. The van der Waals surface area contributed by atoms with Crippen molar-refractivity contribution in [1.29, 1.82) is 0 Å². The summed E-state index contributed by atoms with van der Waals surface area (Å²) in [7, 11) is 0. The second kappa shape index (κ2) is 10.5. The van der Waals surface area contributed by atoms with Crippen molar-refractivity contribution in [2.75, 3.05) is 6.61 Å². The van der Waals surface area contributed by atoms with Crippen molar-refractivity contribution in [3.63, 3.8) is 0 Å². The van der Waals surface area contributed by atoms with Crippen LogP contribution < -0.4 is 0 Å². The lowest BCUT2D eigenvalue weighted by molar-refractivity contribution is -0.143. The molecule has 0 aliphatic carbocycles. The first-order valence-electron chi connectivity index (χ1n) is 7.47. The first-order valence-corrected chi connectivity index (χ1v) is 7.47. The molecule has 114 valence electrons. The van der Waals surface area contributed by atoms with E-state index in [4.69, 9.17) is 4.74 Å². The minimum absolute atomic E-state index is 0.126. The summed E-state index contributed by atoms with van der Waals surface area (Å²) in [6, 6.07) is 0. The Morgan fingerprint density at radius 2 is 1.85 bits per heavy atom. The Bertz CT molecular complexity index is 364. The summed E-state index contributed by atoms with van der Waals surface area (Å²) >= 11 is 0. The predicted octanol–water partition coefficient (Wildman–Crippen LogP) is 5.21. The second-order valence-electron chi connectivity index (χ2n) is 5.65. The van der Waals surface area contributed by atoms with Crippen molar-refractivity contribution in [3.05, 3.63) is 36.0 Å². The molecule has 20 heavy (non-hydrogen) atoms. The highest BCUT2D eigenvalue weighted by atomic mass is 16.5. The molecule has 0 saturated heterocycles. The number of ether oxygens (including phenoxy) is 1. The molecule has 1 atom stereocenters. The van der Waals surface area contributed by atoms with E-state index in [1.54, 1.807) is 0 Å². The maximum Gasteiger partial charge on any atom is 0.305 e. The Balaban J connectivity index is 4.15. The molecule has 0 heterocycles. The molecular formula is C18H30O2. The van der Waals surface area contributed by atoms with Gasteiger partial charge >= 0.3 is 5.97 Å². The van der Waals surface area contributed by atoms with Crippen LogP contribution in [0.3, 0.4) is 0 Å². The summed E-state index contributed by atoms with van der Waals surface area (Å²) in [6.45, 7) is 16.6. The molecule has 0 aromatic rings. The number of hydrogen-bond donors (Lipinski definition) is 0. The fraction of sp³-hybridized carbons (Fsp3) is 0.611. The van der Waals surface area contributed by atoms with E-state index in [2.05, 4.69) is 40.0 Å². The number of allylic oxidation sites excluding steroid dienone is 3. The van der Waals surface area contributed by atoms with Gasteiger partial charge in [-0.05, 0) is 46.0 Å². The zero-order valence-corrected chi connectivity index (χ0v) is 13.6. The van der Waals surface area contributed by atoms with Crippen LogP contribution in [-0.2, 0) is 9.53 Å². The van der Waals surface area contributed by atoms with E-state index in [9.17, 15) is 4.79 Å². The van der Waals surface area contributed by atoms with Crippen molar-refractivity contribution in [2.24, 2.45) is 5.92 Å². The van der Waals surface area contributed by atoms with Gasteiger partial charge in [-0.25, -0.2) is 0 Å². The Morgan fingerprint density at radius 3 is 2.35 bits per heavy atom.